The largest absolute Gasteiger partial charge is 0.398 e. The summed E-state index contributed by atoms with van der Waals surface area (Å²) in [7, 11) is 0. The Bertz CT molecular complexity index is 385. The van der Waals surface area contributed by atoms with E-state index in [1.807, 2.05) is 0 Å². The summed E-state index contributed by atoms with van der Waals surface area (Å²) >= 11 is 0. The minimum Gasteiger partial charge on any atom is -0.398 e. The van der Waals surface area contributed by atoms with E-state index in [9.17, 15) is 4.79 Å². The first-order valence-corrected chi connectivity index (χ1v) is 5.09. The van der Waals surface area contributed by atoms with Crippen molar-refractivity contribution in [2.24, 2.45) is 5.73 Å². The number of carbonyl (C=O) groups excluding carboxylic acids is 1. The molecular weight excluding hydrogens is 190 g/mol. The molecule has 2 rings (SSSR count). The molecule has 0 saturated heterocycles. The minimum absolute atomic E-state index is 0.421. The van der Waals surface area contributed by atoms with E-state index in [0.29, 0.717) is 23.8 Å². The van der Waals surface area contributed by atoms with Gasteiger partial charge in [0.1, 0.15) is 0 Å². The van der Waals surface area contributed by atoms with E-state index in [-0.39, 0.29) is 0 Å². The molecule has 1 aliphatic carbocycles. The number of rotatable bonds is 4. The summed E-state index contributed by atoms with van der Waals surface area (Å²) in [5.41, 5.74) is 13.1. The highest BCUT2D eigenvalue weighted by molar-refractivity contribution is 5.95. The normalized spacial score (nSPS) is 15.2. The molecule has 1 aromatic carbocycles. The molecule has 0 aromatic heterocycles. The summed E-state index contributed by atoms with van der Waals surface area (Å²) in [5.74, 6) is -0.421. The second-order valence-electron chi connectivity index (χ2n) is 3.89. The molecule has 4 nitrogen and oxygen atoms in total. The Balaban J connectivity index is 2.20. The van der Waals surface area contributed by atoms with Crippen LogP contribution in [0.5, 0.6) is 0 Å². The van der Waals surface area contributed by atoms with Gasteiger partial charge in [0.25, 0.3) is 0 Å². The van der Waals surface area contributed by atoms with Crippen molar-refractivity contribution in [1.82, 2.24) is 5.32 Å². The number of hydrogen-bond acceptors (Lipinski definition) is 3. The van der Waals surface area contributed by atoms with Crippen LogP contribution in [-0.4, -0.2) is 11.9 Å². The van der Waals surface area contributed by atoms with E-state index in [1.54, 1.807) is 18.2 Å². The lowest BCUT2D eigenvalue weighted by Crippen LogP contribution is -2.21. The van der Waals surface area contributed by atoms with Gasteiger partial charge in [-0.25, -0.2) is 0 Å². The van der Waals surface area contributed by atoms with Gasteiger partial charge in [0.05, 0.1) is 0 Å². The second kappa shape index (κ2) is 3.90. The maximum absolute atomic E-state index is 11.2. The smallest absolute Gasteiger partial charge is 0.249 e. The lowest BCUT2D eigenvalue weighted by atomic mass is 10.0. The Morgan fingerprint density at radius 1 is 1.47 bits per heavy atom. The maximum Gasteiger partial charge on any atom is 0.249 e. The molecule has 1 saturated carbocycles. The molecule has 1 amide bonds. The maximum atomic E-state index is 11.2. The number of carbonyl (C=O) groups is 1. The van der Waals surface area contributed by atoms with Crippen molar-refractivity contribution in [3.05, 3.63) is 29.3 Å². The SMILES string of the molecule is NC(=O)c1cccc(N)c1CNC1CC1. The van der Waals surface area contributed by atoms with Crippen molar-refractivity contribution in [3.63, 3.8) is 0 Å². The number of hydrogen-bond donors (Lipinski definition) is 3. The molecule has 0 aliphatic heterocycles. The van der Waals surface area contributed by atoms with Crippen LogP contribution in [0, 0.1) is 0 Å². The predicted octanol–water partition coefficient (Wildman–Crippen LogP) is 0.620. The Labute approximate surface area is 88.6 Å². The number of amides is 1. The molecule has 1 fully saturated rings. The highest BCUT2D eigenvalue weighted by Gasteiger charge is 2.21. The van der Waals surface area contributed by atoms with Crippen molar-refractivity contribution in [2.75, 3.05) is 5.73 Å². The van der Waals surface area contributed by atoms with E-state index in [1.165, 1.54) is 12.8 Å². The average Bonchev–Trinajstić information content (AvgIpc) is 2.99. The van der Waals surface area contributed by atoms with Gasteiger partial charge in [0.15, 0.2) is 0 Å². The van der Waals surface area contributed by atoms with Gasteiger partial charge in [-0.15, -0.1) is 0 Å². The number of benzene rings is 1. The Morgan fingerprint density at radius 3 is 2.80 bits per heavy atom. The summed E-state index contributed by atoms with van der Waals surface area (Å²) in [6.07, 6.45) is 2.41. The number of nitrogens with two attached hydrogens (primary N) is 2. The molecule has 0 spiro atoms. The summed E-state index contributed by atoms with van der Waals surface area (Å²) in [4.78, 5) is 11.2. The zero-order valence-corrected chi connectivity index (χ0v) is 8.49. The fourth-order valence-electron chi connectivity index (χ4n) is 1.57. The third kappa shape index (κ3) is 2.27. The van der Waals surface area contributed by atoms with Crippen molar-refractivity contribution in [1.29, 1.82) is 0 Å². The van der Waals surface area contributed by atoms with Crippen LogP contribution < -0.4 is 16.8 Å². The van der Waals surface area contributed by atoms with Gasteiger partial charge in [0, 0.05) is 29.4 Å². The van der Waals surface area contributed by atoms with Gasteiger partial charge in [-0.2, -0.15) is 0 Å². The van der Waals surface area contributed by atoms with Gasteiger partial charge in [0.2, 0.25) is 5.91 Å². The number of nitrogens with one attached hydrogen (secondary N) is 1. The number of primary amides is 1. The zero-order chi connectivity index (χ0) is 10.8. The summed E-state index contributed by atoms with van der Waals surface area (Å²) < 4.78 is 0. The van der Waals surface area contributed by atoms with Crippen LogP contribution >= 0.6 is 0 Å². The zero-order valence-electron chi connectivity index (χ0n) is 8.49. The summed E-state index contributed by atoms with van der Waals surface area (Å²) in [5, 5.41) is 3.32. The number of nitrogen functional groups attached to an aromatic ring is 1. The molecule has 0 atom stereocenters. The topological polar surface area (TPSA) is 81.1 Å². The van der Waals surface area contributed by atoms with Gasteiger partial charge in [-0.3, -0.25) is 4.79 Å². The fraction of sp³-hybridized carbons (Fsp3) is 0.364. The third-order valence-corrected chi connectivity index (χ3v) is 2.62. The van der Waals surface area contributed by atoms with Crippen LogP contribution in [0.3, 0.4) is 0 Å². The molecule has 4 heteroatoms. The third-order valence-electron chi connectivity index (χ3n) is 2.62. The van der Waals surface area contributed by atoms with Gasteiger partial charge in [-0.1, -0.05) is 6.07 Å². The quantitative estimate of drug-likeness (QED) is 0.630. The molecule has 80 valence electrons. The first kappa shape index (κ1) is 9.98. The van der Waals surface area contributed by atoms with E-state index in [2.05, 4.69) is 5.32 Å². The Kier molecular flexibility index (Phi) is 2.60. The highest BCUT2D eigenvalue weighted by Crippen LogP contribution is 2.22. The molecule has 1 aromatic rings. The Morgan fingerprint density at radius 2 is 2.20 bits per heavy atom. The second-order valence-corrected chi connectivity index (χ2v) is 3.89. The van der Waals surface area contributed by atoms with Gasteiger partial charge >= 0.3 is 0 Å². The van der Waals surface area contributed by atoms with Crippen molar-refractivity contribution in [3.8, 4) is 0 Å². The van der Waals surface area contributed by atoms with Crippen molar-refractivity contribution >= 4 is 11.6 Å². The molecule has 0 heterocycles. The van der Waals surface area contributed by atoms with E-state index in [4.69, 9.17) is 11.5 Å². The molecule has 0 radical (unpaired) electrons. The fourth-order valence-corrected chi connectivity index (χ4v) is 1.57. The van der Waals surface area contributed by atoms with Crippen LogP contribution in [0.4, 0.5) is 5.69 Å². The van der Waals surface area contributed by atoms with E-state index < -0.39 is 5.91 Å². The monoisotopic (exact) mass is 205 g/mol. The standard InChI is InChI=1S/C11H15N3O/c12-10-3-1-2-8(11(13)15)9(10)6-14-7-4-5-7/h1-3,7,14H,4-6,12H2,(H2,13,15). The van der Waals surface area contributed by atoms with Crippen molar-refractivity contribution < 1.29 is 4.79 Å². The predicted molar refractivity (Wildman–Crippen MR) is 59.2 cm³/mol. The molecule has 0 bridgehead atoms. The first-order chi connectivity index (χ1) is 7.18. The van der Waals surface area contributed by atoms with Crippen molar-refractivity contribution in [2.45, 2.75) is 25.4 Å². The van der Waals surface area contributed by atoms with E-state index in [0.717, 1.165) is 5.56 Å². The molecule has 15 heavy (non-hydrogen) atoms. The van der Waals surface area contributed by atoms with Crippen LogP contribution in [-0.2, 0) is 6.54 Å². The Hall–Kier alpha value is -1.55. The molecule has 0 unspecified atom stereocenters. The summed E-state index contributed by atoms with van der Waals surface area (Å²) in [6, 6.07) is 5.83. The van der Waals surface area contributed by atoms with Gasteiger partial charge < -0.3 is 16.8 Å². The minimum atomic E-state index is -0.421. The summed E-state index contributed by atoms with van der Waals surface area (Å²) in [6.45, 7) is 0.621. The van der Waals surface area contributed by atoms with Crippen LogP contribution in [0.1, 0.15) is 28.8 Å². The van der Waals surface area contributed by atoms with Gasteiger partial charge in [-0.05, 0) is 25.0 Å². The molecule has 5 N–H and O–H groups in total. The van der Waals surface area contributed by atoms with Crippen LogP contribution in [0.15, 0.2) is 18.2 Å². The number of anilines is 1. The molecule has 1 aliphatic rings. The average molecular weight is 205 g/mol. The first-order valence-electron chi connectivity index (χ1n) is 5.09. The molecular formula is C11H15N3O. The van der Waals surface area contributed by atoms with Crippen LogP contribution in [0.2, 0.25) is 0 Å². The highest BCUT2D eigenvalue weighted by atomic mass is 16.1. The lowest BCUT2D eigenvalue weighted by Gasteiger charge is -2.10. The lowest BCUT2D eigenvalue weighted by molar-refractivity contribution is 0.0999. The van der Waals surface area contributed by atoms with Crippen LogP contribution in [0.25, 0.3) is 0 Å². The van der Waals surface area contributed by atoms with E-state index >= 15 is 0 Å².